The number of nitrogens with one attached hydrogen (secondary N) is 1. The highest BCUT2D eigenvalue weighted by molar-refractivity contribution is 6.04. The number of aliphatic imine (C=N–C) groups is 1. The molecule has 1 N–H and O–H groups in total. The van der Waals surface area contributed by atoms with Crippen LogP contribution >= 0.6 is 0 Å². The molecule has 5 nitrogen and oxygen atoms in total. The van der Waals surface area contributed by atoms with E-state index in [2.05, 4.69) is 10.3 Å². The number of methoxy groups -OCH3 is 2. The van der Waals surface area contributed by atoms with Gasteiger partial charge in [0.05, 0.1) is 19.9 Å². The molecule has 0 aliphatic heterocycles. The number of aryl methyl sites for hydroxylation is 1. The quantitative estimate of drug-likeness (QED) is 0.617. The smallest absolute Gasteiger partial charge is 0.255 e. The van der Waals surface area contributed by atoms with Gasteiger partial charge in [0.1, 0.15) is 0 Å². The molecule has 3 rings (SSSR count). The van der Waals surface area contributed by atoms with Gasteiger partial charge in [-0.05, 0) is 66.6 Å². The third kappa shape index (κ3) is 4.57. The minimum atomic E-state index is -0.148. The van der Waals surface area contributed by atoms with E-state index in [1.54, 1.807) is 32.6 Å². The highest BCUT2D eigenvalue weighted by atomic mass is 16.5. The number of benzene rings is 3. The number of anilines is 1. The third-order valence-corrected chi connectivity index (χ3v) is 4.29. The second-order valence-electron chi connectivity index (χ2n) is 6.19. The van der Waals surface area contributed by atoms with Crippen LogP contribution in [0.1, 0.15) is 21.5 Å². The molecule has 0 aliphatic carbocycles. The van der Waals surface area contributed by atoms with Crippen molar-refractivity contribution in [2.75, 3.05) is 19.5 Å². The summed E-state index contributed by atoms with van der Waals surface area (Å²) in [6.45, 7) is 1.96. The van der Waals surface area contributed by atoms with E-state index >= 15 is 0 Å². The molecular formula is C23H22N2O3. The lowest BCUT2D eigenvalue weighted by Gasteiger charge is -2.08. The molecule has 0 atom stereocenters. The van der Waals surface area contributed by atoms with Gasteiger partial charge in [0.15, 0.2) is 11.5 Å². The topological polar surface area (TPSA) is 59.9 Å². The SMILES string of the molecule is COc1ccc(C=Nc2ccc(C(=O)Nc3ccccc3C)cc2)cc1OC. The maximum absolute atomic E-state index is 12.4. The summed E-state index contributed by atoms with van der Waals surface area (Å²) >= 11 is 0. The number of nitrogens with zero attached hydrogens (tertiary/aromatic N) is 1. The van der Waals surface area contributed by atoms with Crippen LogP contribution < -0.4 is 14.8 Å². The molecule has 5 heteroatoms. The van der Waals surface area contributed by atoms with Crippen molar-refractivity contribution in [1.82, 2.24) is 0 Å². The monoisotopic (exact) mass is 374 g/mol. The standard InChI is InChI=1S/C23H22N2O3/c1-16-6-4-5-7-20(16)25-23(26)18-9-11-19(12-10-18)24-15-17-8-13-21(27-2)22(14-17)28-3/h4-15H,1-3H3,(H,25,26). The van der Waals surface area contributed by atoms with E-state index in [4.69, 9.17) is 9.47 Å². The van der Waals surface area contributed by atoms with Crippen molar-refractivity contribution in [2.45, 2.75) is 6.92 Å². The van der Waals surface area contributed by atoms with Crippen molar-refractivity contribution in [3.8, 4) is 11.5 Å². The number of carbonyl (C=O) groups excluding carboxylic acids is 1. The van der Waals surface area contributed by atoms with Crippen LogP contribution in [0.3, 0.4) is 0 Å². The Hall–Kier alpha value is -3.60. The van der Waals surface area contributed by atoms with Gasteiger partial charge in [-0.2, -0.15) is 0 Å². The van der Waals surface area contributed by atoms with Gasteiger partial charge in [-0.3, -0.25) is 9.79 Å². The van der Waals surface area contributed by atoms with Gasteiger partial charge in [-0.1, -0.05) is 18.2 Å². The number of carbonyl (C=O) groups is 1. The highest BCUT2D eigenvalue weighted by Crippen LogP contribution is 2.27. The van der Waals surface area contributed by atoms with Gasteiger partial charge in [0, 0.05) is 17.5 Å². The largest absolute Gasteiger partial charge is 0.493 e. The van der Waals surface area contributed by atoms with E-state index in [1.807, 2.05) is 61.5 Å². The van der Waals surface area contributed by atoms with Crippen molar-refractivity contribution in [2.24, 2.45) is 4.99 Å². The predicted molar refractivity (Wildman–Crippen MR) is 112 cm³/mol. The summed E-state index contributed by atoms with van der Waals surface area (Å²) in [5, 5.41) is 2.92. The molecular weight excluding hydrogens is 352 g/mol. The van der Waals surface area contributed by atoms with E-state index in [1.165, 1.54) is 0 Å². The van der Waals surface area contributed by atoms with Crippen LogP contribution in [0.5, 0.6) is 11.5 Å². The molecule has 28 heavy (non-hydrogen) atoms. The third-order valence-electron chi connectivity index (χ3n) is 4.29. The average molecular weight is 374 g/mol. The van der Waals surface area contributed by atoms with Crippen LogP contribution in [-0.4, -0.2) is 26.3 Å². The summed E-state index contributed by atoms with van der Waals surface area (Å²) < 4.78 is 10.5. The van der Waals surface area contributed by atoms with E-state index in [0.717, 1.165) is 22.5 Å². The van der Waals surface area contributed by atoms with Crippen LogP contribution in [0.15, 0.2) is 71.7 Å². The molecule has 0 fully saturated rings. The fourth-order valence-electron chi connectivity index (χ4n) is 2.69. The number of amides is 1. The predicted octanol–water partition coefficient (Wildman–Crippen LogP) is 5.02. The maximum Gasteiger partial charge on any atom is 0.255 e. The van der Waals surface area contributed by atoms with E-state index in [-0.39, 0.29) is 5.91 Å². The Kier molecular flexibility index (Phi) is 6.07. The van der Waals surface area contributed by atoms with Crippen LogP contribution in [0.2, 0.25) is 0 Å². The zero-order valence-electron chi connectivity index (χ0n) is 16.1. The van der Waals surface area contributed by atoms with Gasteiger partial charge in [0.2, 0.25) is 0 Å². The number of ether oxygens (including phenoxy) is 2. The van der Waals surface area contributed by atoms with Crippen LogP contribution in [0.25, 0.3) is 0 Å². The first-order valence-corrected chi connectivity index (χ1v) is 8.84. The Morgan fingerprint density at radius 3 is 2.32 bits per heavy atom. The summed E-state index contributed by atoms with van der Waals surface area (Å²) in [7, 11) is 3.20. The van der Waals surface area contributed by atoms with E-state index in [0.29, 0.717) is 17.1 Å². The summed E-state index contributed by atoms with van der Waals surface area (Å²) in [6, 6.07) is 20.4. The molecule has 0 heterocycles. The molecule has 1 amide bonds. The Morgan fingerprint density at radius 2 is 1.64 bits per heavy atom. The molecule has 0 unspecified atom stereocenters. The molecule has 3 aromatic rings. The molecule has 0 aliphatic rings. The van der Waals surface area contributed by atoms with Crippen LogP contribution in [-0.2, 0) is 0 Å². The second-order valence-corrected chi connectivity index (χ2v) is 6.19. The van der Waals surface area contributed by atoms with Gasteiger partial charge >= 0.3 is 0 Å². The van der Waals surface area contributed by atoms with Crippen molar-refractivity contribution < 1.29 is 14.3 Å². The molecule has 0 bridgehead atoms. The molecule has 0 radical (unpaired) electrons. The van der Waals surface area contributed by atoms with Gasteiger partial charge in [-0.15, -0.1) is 0 Å². The van der Waals surface area contributed by atoms with Gasteiger partial charge < -0.3 is 14.8 Å². The first-order valence-electron chi connectivity index (χ1n) is 8.84. The zero-order valence-corrected chi connectivity index (χ0v) is 16.1. The fraction of sp³-hybridized carbons (Fsp3) is 0.130. The van der Waals surface area contributed by atoms with Gasteiger partial charge in [-0.25, -0.2) is 0 Å². The number of rotatable bonds is 6. The Balaban J connectivity index is 1.70. The summed E-state index contributed by atoms with van der Waals surface area (Å²) in [5.41, 5.74) is 4.05. The lowest BCUT2D eigenvalue weighted by atomic mass is 10.1. The van der Waals surface area contributed by atoms with Crippen molar-refractivity contribution in [3.05, 3.63) is 83.4 Å². The number of hydrogen-bond donors (Lipinski definition) is 1. The summed E-state index contributed by atoms with van der Waals surface area (Å²) in [5.74, 6) is 1.17. The minimum Gasteiger partial charge on any atom is -0.493 e. The lowest BCUT2D eigenvalue weighted by Crippen LogP contribution is -2.12. The maximum atomic E-state index is 12.4. The molecule has 0 aromatic heterocycles. The van der Waals surface area contributed by atoms with Crippen molar-refractivity contribution in [1.29, 1.82) is 0 Å². The summed E-state index contributed by atoms with van der Waals surface area (Å²) in [4.78, 5) is 16.9. The van der Waals surface area contributed by atoms with Crippen molar-refractivity contribution >= 4 is 23.5 Å². The molecule has 142 valence electrons. The zero-order chi connectivity index (χ0) is 19.9. The Bertz CT molecular complexity index is 995. The highest BCUT2D eigenvalue weighted by Gasteiger charge is 2.07. The van der Waals surface area contributed by atoms with Gasteiger partial charge in [0.25, 0.3) is 5.91 Å². The van der Waals surface area contributed by atoms with Crippen LogP contribution in [0.4, 0.5) is 11.4 Å². The first-order chi connectivity index (χ1) is 13.6. The fourth-order valence-corrected chi connectivity index (χ4v) is 2.69. The Labute approximate surface area is 164 Å². The minimum absolute atomic E-state index is 0.148. The molecule has 3 aromatic carbocycles. The Morgan fingerprint density at radius 1 is 0.929 bits per heavy atom. The summed E-state index contributed by atoms with van der Waals surface area (Å²) in [6.07, 6.45) is 1.74. The second kappa shape index (κ2) is 8.86. The van der Waals surface area contributed by atoms with Crippen LogP contribution in [0, 0.1) is 6.92 Å². The normalized spacial score (nSPS) is 10.7. The van der Waals surface area contributed by atoms with E-state index in [9.17, 15) is 4.79 Å². The number of hydrogen-bond acceptors (Lipinski definition) is 4. The average Bonchev–Trinajstić information content (AvgIpc) is 2.74. The molecule has 0 spiro atoms. The van der Waals surface area contributed by atoms with E-state index < -0.39 is 0 Å². The first kappa shape index (κ1) is 19.2. The molecule has 0 saturated heterocycles. The molecule has 0 saturated carbocycles. The lowest BCUT2D eigenvalue weighted by molar-refractivity contribution is 0.102. The van der Waals surface area contributed by atoms with Crippen molar-refractivity contribution in [3.63, 3.8) is 0 Å². The number of para-hydroxylation sites is 1.